The number of nitrogens with zero attached hydrogens (tertiary/aromatic N) is 1. The number of carbonyl (C=O) groups is 1. The molecule has 0 saturated carbocycles. The highest BCUT2D eigenvalue weighted by atomic mass is 35.5. The van der Waals surface area contributed by atoms with E-state index in [-0.39, 0.29) is 18.7 Å². The van der Waals surface area contributed by atoms with Gasteiger partial charge in [-0.15, -0.1) is 11.6 Å². The number of hydrogen-bond donors (Lipinski definition) is 5. The van der Waals surface area contributed by atoms with Crippen LogP contribution >= 0.6 is 11.6 Å². The molecule has 5 N–H and O–H groups in total. The molecule has 2 atom stereocenters. The molecule has 8 heteroatoms. The number of halogens is 1. The summed E-state index contributed by atoms with van der Waals surface area (Å²) in [5, 5.41) is 20.1. The third-order valence-electron chi connectivity index (χ3n) is 6.04. The SMILES string of the molecule is C.Cc1[nH]c(/C=C2\C(=O)NC3=CCC(Cl)C=C32)c(C)c1C(O)NCCN1CCNCC1. The second-order valence-electron chi connectivity index (χ2n) is 8.11. The molecule has 1 aliphatic carbocycles. The molecule has 170 valence electrons. The minimum Gasteiger partial charge on any atom is -0.374 e. The molecule has 2 saturated heterocycles. The number of nitrogens with one attached hydrogen (secondary N) is 4. The van der Waals surface area contributed by atoms with Crippen LogP contribution in [-0.2, 0) is 4.79 Å². The lowest BCUT2D eigenvalue weighted by molar-refractivity contribution is -0.115. The number of aromatic nitrogens is 1. The summed E-state index contributed by atoms with van der Waals surface area (Å²) in [4.78, 5) is 18.2. The number of allylic oxidation sites excluding steroid dienone is 3. The standard InChI is InChI=1S/C22H30ClN5O2.CH4/c1-13-19(12-17-16-11-15(23)3-4-18(16)27-21(17)29)26-14(2)20(13)22(30)25-7-10-28-8-5-24-6-9-28;/h4,11-12,15,22,24-26,30H,3,5-10H2,1-2H3,(H,27,29);1H4/b17-12-;. The molecule has 0 aromatic carbocycles. The largest absolute Gasteiger partial charge is 0.374 e. The van der Waals surface area contributed by atoms with Crippen LogP contribution in [0.25, 0.3) is 6.08 Å². The van der Waals surface area contributed by atoms with Crippen molar-refractivity contribution in [1.82, 2.24) is 25.8 Å². The fraction of sp³-hybridized carbons (Fsp3) is 0.522. The van der Waals surface area contributed by atoms with Gasteiger partial charge in [-0.25, -0.2) is 0 Å². The Morgan fingerprint density at radius 2 is 2.10 bits per heavy atom. The van der Waals surface area contributed by atoms with E-state index in [1.165, 1.54) is 0 Å². The molecule has 1 aromatic heterocycles. The zero-order valence-corrected chi connectivity index (χ0v) is 18.3. The van der Waals surface area contributed by atoms with E-state index in [9.17, 15) is 9.90 Å². The molecule has 4 rings (SSSR count). The first-order chi connectivity index (χ1) is 14.4. The molecule has 1 amide bonds. The van der Waals surface area contributed by atoms with Crippen LogP contribution in [0.1, 0.15) is 42.6 Å². The smallest absolute Gasteiger partial charge is 0.256 e. The number of aryl methyl sites for hydroxylation is 1. The maximum absolute atomic E-state index is 12.5. The van der Waals surface area contributed by atoms with Crippen molar-refractivity contribution in [3.05, 3.63) is 51.5 Å². The Balaban J connectivity index is 0.00000272. The Morgan fingerprint density at radius 3 is 2.84 bits per heavy atom. The van der Waals surface area contributed by atoms with Crippen LogP contribution in [0.5, 0.6) is 0 Å². The zero-order chi connectivity index (χ0) is 21.3. The number of aromatic amines is 1. The summed E-state index contributed by atoms with van der Waals surface area (Å²) in [5.74, 6) is -0.124. The number of amides is 1. The molecule has 3 aliphatic rings. The van der Waals surface area contributed by atoms with Crippen molar-refractivity contribution in [1.29, 1.82) is 0 Å². The van der Waals surface area contributed by atoms with Crippen LogP contribution in [-0.4, -0.2) is 65.5 Å². The molecule has 2 aliphatic heterocycles. The molecule has 2 fully saturated rings. The fourth-order valence-corrected chi connectivity index (χ4v) is 4.59. The summed E-state index contributed by atoms with van der Waals surface area (Å²) in [6, 6.07) is 0. The van der Waals surface area contributed by atoms with Crippen LogP contribution in [0, 0.1) is 13.8 Å². The molecule has 0 bridgehead atoms. The van der Waals surface area contributed by atoms with E-state index in [4.69, 9.17) is 11.6 Å². The lowest BCUT2D eigenvalue weighted by atomic mass is 9.98. The van der Waals surface area contributed by atoms with Crippen molar-refractivity contribution < 1.29 is 9.90 Å². The first-order valence-electron chi connectivity index (χ1n) is 10.6. The quantitative estimate of drug-likeness (QED) is 0.261. The molecule has 31 heavy (non-hydrogen) atoms. The molecular formula is C23H34ClN5O2. The van der Waals surface area contributed by atoms with Crippen LogP contribution in [0.3, 0.4) is 0 Å². The van der Waals surface area contributed by atoms with Crippen molar-refractivity contribution in [2.75, 3.05) is 39.3 Å². The van der Waals surface area contributed by atoms with Crippen LogP contribution in [0.4, 0.5) is 0 Å². The normalized spacial score (nSPS) is 23.7. The van der Waals surface area contributed by atoms with E-state index >= 15 is 0 Å². The van der Waals surface area contributed by atoms with Crippen molar-refractivity contribution in [3.8, 4) is 0 Å². The van der Waals surface area contributed by atoms with Crippen LogP contribution in [0.15, 0.2) is 29.0 Å². The minimum absolute atomic E-state index is 0. The van der Waals surface area contributed by atoms with Crippen molar-refractivity contribution in [2.24, 2.45) is 0 Å². The Bertz CT molecular complexity index is 911. The molecule has 3 heterocycles. The van der Waals surface area contributed by atoms with Gasteiger partial charge in [-0.05, 0) is 31.9 Å². The van der Waals surface area contributed by atoms with E-state index in [1.807, 2.05) is 32.1 Å². The third-order valence-corrected chi connectivity index (χ3v) is 6.34. The van der Waals surface area contributed by atoms with Crippen LogP contribution in [0.2, 0.25) is 0 Å². The number of aliphatic hydroxyl groups excluding tert-OH is 1. The highest BCUT2D eigenvalue weighted by Crippen LogP contribution is 2.34. The van der Waals surface area contributed by atoms with Gasteiger partial charge >= 0.3 is 0 Å². The Morgan fingerprint density at radius 1 is 1.35 bits per heavy atom. The number of piperazine rings is 1. The fourth-order valence-electron chi connectivity index (χ4n) is 4.37. The topological polar surface area (TPSA) is 92.4 Å². The van der Waals surface area contributed by atoms with Crippen molar-refractivity contribution in [2.45, 2.75) is 39.3 Å². The third kappa shape index (κ3) is 5.13. The van der Waals surface area contributed by atoms with Gasteiger partial charge in [-0.3, -0.25) is 15.0 Å². The molecule has 7 nitrogen and oxygen atoms in total. The van der Waals surface area contributed by atoms with Gasteiger partial charge in [0.25, 0.3) is 5.91 Å². The van der Waals surface area contributed by atoms with Crippen molar-refractivity contribution in [3.63, 3.8) is 0 Å². The van der Waals surface area contributed by atoms with Gasteiger partial charge in [-0.2, -0.15) is 0 Å². The van der Waals surface area contributed by atoms with Gasteiger partial charge in [0.15, 0.2) is 0 Å². The molecular weight excluding hydrogens is 414 g/mol. The lowest BCUT2D eigenvalue weighted by Gasteiger charge is -2.27. The molecule has 0 spiro atoms. The number of rotatable bonds is 6. The summed E-state index contributed by atoms with van der Waals surface area (Å²) >= 11 is 6.26. The number of aliphatic hydroxyl groups is 1. The van der Waals surface area contributed by atoms with Gasteiger partial charge in [0.1, 0.15) is 6.23 Å². The average molecular weight is 448 g/mol. The molecule has 1 aromatic rings. The van der Waals surface area contributed by atoms with E-state index < -0.39 is 6.23 Å². The lowest BCUT2D eigenvalue weighted by Crippen LogP contribution is -2.46. The Hall–Kier alpha value is -1.90. The van der Waals surface area contributed by atoms with E-state index in [2.05, 4.69) is 25.8 Å². The predicted molar refractivity (Wildman–Crippen MR) is 126 cm³/mol. The second kappa shape index (κ2) is 10.1. The van der Waals surface area contributed by atoms with Crippen molar-refractivity contribution >= 4 is 23.6 Å². The highest BCUT2D eigenvalue weighted by molar-refractivity contribution is 6.22. The number of fused-ring (bicyclic) bond motifs is 1. The first-order valence-corrected chi connectivity index (χ1v) is 11.0. The number of alkyl halides is 1. The summed E-state index contributed by atoms with van der Waals surface area (Å²) in [5.41, 5.74) is 5.78. The minimum atomic E-state index is -0.759. The Kier molecular flexibility index (Phi) is 7.78. The number of H-pyrrole nitrogens is 1. The van der Waals surface area contributed by atoms with Gasteiger partial charge < -0.3 is 20.7 Å². The summed E-state index contributed by atoms with van der Waals surface area (Å²) < 4.78 is 0. The summed E-state index contributed by atoms with van der Waals surface area (Å²) in [6.07, 6.45) is 5.71. The number of carbonyl (C=O) groups excluding carboxylic acids is 1. The van der Waals surface area contributed by atoms with E-state index in [1.54, 1.807) is 0 Å². The average Bonchev–Trinajstić information content (AvgIpc) is 3.18. The highest BCUT2D eigenvalue weighted by Gasteiger charge is 2.30. The molecule has 0 radical (unpaired) electrons. The summed E-state index contributed by atoms with van der Waals surface area (Å²) in [6.45, 7) is 9.63. The molecule has 2 unspecified atom stereocenters. The predicted octanol–water partition coefficient (Wildman–Crippen LogP) is 2.09. The van der Waals surface area contributed by atoms with Gasteiger partial charge in [0.2, 0.25) is 0 Å². The van der Waals surface area contributed by atoms with Crippen LogP contribution < -0.4 is 16.0 Å². The zero-order valence-electron chi connectivity index (χ0n) is 17.5. The van der Waals surface area contributed by atoms with Gasteiger partial charge in [0.05, 0.1) is 11.0 Å². The summed E-state index contributed by atoms with van der Waals surface area (Å²) in [7, 11) is 0. The maximum atomic E-state index is 12.5. The Labute approximate surface area is 189 Å². The maximum Gasteiger partial charge on any atom is 0.256 e. The monoisotopic (exact) mass is 447 g/mol. The van der Waals surface area contributed by atoms with E-state index in [0.29, 0.717) is 18.5 Å². The second-order valence-corrected chi connectivity index (χ2v) is 8.67. The first kappa shape index (κ1) is 23.8. The van der Waals surface area contributed by atoms with Gasteiger partial charge in [-0.1, -0.05) is 19.6 Å². The van der Waals surface area contributed by atoms with E-state index in [0.717, 1.165) is 66.5 Å². The van der Waals surface area contributed by atoms with Gasteiger partial charge in [0, 0.05) is 67.5 Å². The number of hydrogen-bond acceptors (Lipinski definition) is 5.